The molecule has 0 unspecified atom stereocenters. The van der Waals surface area contributed by atoms with Gasteiger partial charge in [0.05, 0.1) is 11.0 Å². The van der Waals surface area contributed by atoms with Gasteiger partial charge in [0, 0.05) is 16.5 Å². The van der Waals surface area contributed by atoms with Gasteiger partial charge in [-0.2, -0.15) is 0 Å². The van der Waals surface area contributed by atoms with Crippen molar-refractivity contribution >= 4 is 21.8 Å². The lowest BCUT2D eigenvalue weighted by molar-refractivity contribution is 0.568. The summed E-state index contributed by atoms with van der Waals surface area (Å²) in [6, 6.07) is 38.9. The summed E-state index contributed by atoms with van der Waals surface area (Å²) in [7, 11) is 0. The van der Waals surface area contributed by atoms with E-state index in [2.05, 4.69) is 177 Å². The Morgan fingerprint density at radius 2 is 1.16 bits per heavy atom. The van der Waals surface area contributed by atoms with Crippen LogP contribution in [0.2, 0.25) is 0 Å². The Labute approximate surface area is 270 Å². The fourth-order valence-corrected chi connectivity index (χ4v) is 6.93. The van der Waals surface area contributed by atoms with Crippen LogP contribution in [0.25, 0.3) is 38.6 Å². The zero-order valence-electron chi connectivity index (χ0n) is 29.0. The predicted molar refractivity (Wildman–Crippen MR) is 196 cm³/mol. The molecule has 1 heteroatoms. The minimum atomic E-state index is -0.0793. The van der Waals surface area contributed by atoms with E-state index in [1.807, 2.05) is 0 Å². The molecule has 0 aliphatic heterocycles. The maximum absolute atomic E-state index is 2.55. The fraction of sp³-hybridized carbons (Fsp3) is 0.318. The third-order valence-electron chi connectivity index (χ3n) is 9.26. The predicted octanol–water partition coefficient (Wildman–Crippen LogP) is 12.2. The molecule has 0 bridgehead atoms. The van der Waals surface area contributed by atoms with Gasteiger partial charge in [-0.3, -0.25) is 0 Å². The highest BCUT2D eigenvalue weighted by molar-refractivity contribution is 6.14. The Morgan fingerprint density at radius 1 is 0.533 bits per heavy atom. The minimum absolute atomic E-state index is 0.0299. The van der Waals surface area contributed by atoms with Crippen LogP contribution in [0.4, 0.5) is 0 Å². The van der Waals surface area contributed by atoms with Crippen molar-refractivity contribution in [3.05, 3.63) is 137 Å². The number of benzene rings is 5. The van der Waals surface area contributed by atoms with Crippen LogP contribution in [-0.4, -0.2) is 4.57 Å². The molecular formula is C44H49N. The summed E-state index contributed by atoms with van der Waals surface area (Å²) < 4.78 is 2.55. The highest BCUT2D eigenvalue weighted by Gasteiger charge is 2.28. The van der Waals surface area contributed by atoms with Crippen LogP contribution >= 0.6 is 0 Å². The largest absolute Gasteiger partial charge is 0.309 e. The van der Waals surface area contributed by atoms with Crippen LogP contribution in [0.1, 0.15) is 95.7 Å². The van der Waals surface area contributed by atoms with Crippen molar-refractivity contribution in [2.45, 2.75) is 91.9 Å². The molecule has 5 aromatic carbocycles. The molecule has 0 fully saturated rings. The summed E-state index contributed by atoms with van der Waals surface area (Å²) in [5.41, 5.74) is 14.5. The summed E-state index contributed by atoms with van der Waals surface area (Å²) in [4.78, 5) is 0. The quantitative estimate of drug-likeness (QED) is 0.192. The first-order valence-electron chi connectivity index (χ1n) is 16.5. The molecule has 230 valence electrons. The molecule has 0 aliphatic rings. The molecule has 0 aliphatic carbocycles. The molecular weight excluding hydrogens is 542 g/mol. The number of fused-ring (bicyclic) bond motifs is 3. The zero-order chi connectivity index (χ0) is 32.3. The maximum Gasteiger partial charge on any atom is 0.0544 e. The molecule has 6 rings (SSSR count). The average Bonchev–Trinajstić information content (AvgIpc) is 3.30. The molecule has 0 N–H and O–H groups in total. The lowest BCUT2D eigenvalue weighted by Gasteiger charge is -2.27. The second kappa shape index (κ2) is 11.1. The smallest absolute Gasteiger partial charge is 0.0544 e. The Bertz CT molecular complexity index is 1980. The monoisotopic (exact) mass is 591 g/mol. The van der Waals surface area contributed by atoms with E-state index in [1.165, 1.54) is 72.0 Å². The van der Waals surface area contributed by atoms with Crippen molar-refractivity contribution in [2.24, 2.45) is 0 Å². The van der Waals surface area contributed by atoms with Crippen molar-refractivity contribution in [3.63, 3.8) is 0 Å². The van der Waals surface area contributed by atoms with Gasteiger partial charge >= 0.3 is 0 Å². The second-order valence-electron chi connectivity index (χ2n) is 16.1. The SMILES string of the molecule is Cc1cccc(Cc2cccc3c2c2c(C(C)(C)C)c(-c4ccccc4)ccc2n3-c2cc(C(C)(C)C)cc(C(C)(C)C)c2)c1. The molecule has 6 aromatic rings. The molecule has 0 radical (unpaired) electrons. The van der Waals surface area contributed by atoms with Gasteiger partial charge in [-0.05, 0) is 92.8 Å². The first kappa shape index (κ1) is 30.9. The van der Waals surface area contributed by atoms with Gasteiger partial charge in [0.25, 0.3) is 0 Å². The molecule has 1 heterocycles. The topological polar surface area (TPSA) is 4.93 Å². The van der Waals surface area contributed by atoms with Crippen LogP contribution in [0, 0.1) is 6.92 Å². The third-order valence-corrected chi connectivity index (χ3v) is 9.26. The van der Waals surface area contributed by atoms with E-state index in [9.17, 15) is 0 Å². The van der Waals surface area contributed by atoms with Gasteiger partial charge in [-0.1, -0.05) is 147 Å². The molecule has 1 nitrogen and oxygen atoms in total. The summed E-state index contributed by atoms with van der Waals surface area (Å²) in [5.74, 6) is 0. The molecule has 45 heavy (non-hydrogen) atoms. The number of hydrogen-bond acceptors (Lipinski definition) is 0. The Morgan fingerprint density at radius 3 is 1.76 bits per heavy atom. The first-order chi connectivity index (χ1) is 21.1. The van der Waals surface area contributed by atoms with Crippen molar-refractivity contribution in [3.8, 4) is 16.8 Å². The van der Waals surface area contributed by atoms with Crippen LogP contribution in [0.15, 0.2) is 103 Å². The molecule has 0 amide bonds. The lowest BCUT2D eigenvalue weighted by atomic mass is 9.78. The summed E-state index contributed by atoms with van der Waals surface area (Å²) in [6.45, 7) is 23.3. The van der Waals surface area contributed by atoms with E-state index in [-0.39, 0.29) is 16.2 Å². The molecule has 0 saturated heterocycles. The summed E-state index contributed by atoms with van der Waals surface area (Å²) in [6.07, 6.45) is 0.895. The Kier molecular flexibility index (Phi) is 7.59. The Balaban J connectivity index is 1.79. The second-order valence-corrected chi connectivity index (χ2v) is 16.1. The highest BCUT2D eigenvalue weighted by Crippen LogP contribution is 2.45. The van der Waals surface area contributed by atoms with E-state index >= 15 is 0 Å². The lowest BCUT2D eigenvalue weighted by Crippen LogP contribution is -2.17. The number of nitrogens with zero attached hydrogens (tertiary/aromatic N) is 1. The number of aromatic nitrogens is 1. The van der Waals surface area contributed by atoms with Crippen molar-refractivity contribution in [2.75, 3.05) is 0 Å². The summed E-state index contributed by atoms with van der Waals surface area (Å²) >= 11 is 0. The van der Waals surface area contributed by atoms with E-state index in [0.717, 1.165) is 6.42 Å². The van der Waals surface area contributed by atoms with Gasteiger partial charge in [0.1, 0.15) is 0 Å². The minimum Gasteiger partial charge on any atom is -0.309 e. The molecule has 1 aromatic heterocycles. The van der Waals surface area contributed by atoms with Gasteiger partial charge in [0.15, 0.2) is 0 Å². The van der Waals surface area contributed by atoms with E-state index in [4.69, 9.17) is 0 Å². The zero-order valence-corrected chi connectivity index (χ0v) is 29.0. The summed E-state index contributed by atoms with van der Waals surface area (Å²) in [5, 5.41) is 2.75. The molecule has 0 saturated carbocycles. The maximum atomic E-state index is 2.55. The molecule has 0 atom stereocenters. The van der Waals surface area contributed by atoms with Gasteiger partial charge in [0.2, 0.25) is 0 Å². The number of rotatable bonds is 4. The fourth-order valence-electron chi connectivity index (χ4n) is 6.93. The van der Waals surface area contributed by atoms with Crippen molar-refractivity contribution in [1.82, 2.24) is 4.57 Å². The average molecular weight is 592 g/mol. The Hall–Kier alpha value is -4.10. The van der Waals surface area contributed by atoms with E-state index < -0.39 is 0 Å². The first-order valence-corrected chi connectivity index (χ1v) is 16.5. The van der Waals surface area contributed by atoms with Crippen LogP contribution in [-0.2, 0) is 22.7 Å². The molecule has 0 spiro atoms. The van der Waals surface area contributed by atoms with Crippen LogP contribution in [0.3, 0.4) is 0 Å². The number of hydrogen-bond donors (Lipinski definition) is 0. The highest BCUT2D eigenvalue weighted by atomic mass is 15.0. The van der Waals surface area contributed by atoms with Crippen LogP contribution in [0.5, 0.6) is 0 Å². The van der Waals surface area contributed by atoms with Crippen LogP contribution < -0.4 is 0 Å². The van der Waals surface area contributed by atoms with Crippen molar-refractivity contribution in [1.29, 1.82) is 0 Å². The van der Waals surface area contributed by atoms with E-state index in [1.54, 1.807) is 0 Å². The van der Waals surface area contributed by atoms with Gasteiger partial charge in [-0.25, -0.2) is 0 Å². The number of aryl methyl sites for hydroxylation is 1. The van der Waals surface area contributed by atoms with Crippen molar-refractivity contribution < 1.29 is 0 Å². The standard InChI is InChI=1S/C44H49N/c1-29-16-14-17-30(24-29)25-32-20-15-21-37-39(32)40-38(23-22-36(41(40)44(8,9)10)31-18-12-11-13-19-31)45(37)35-27-33(42(2,3)4)26-34(28-35)43(5,6)7/h11-24,26-28H,25H2,1-10H3. The van der Waals surface area contributed by atoms with E-state index in [0.29, 0.717) is 0 Å². The normalized spacial score (nSPS) is 12.8. The third kappa shape index (κ3) is 5.86. The van der Waals surface area contributed by atoms with Gasteiger partial charge in [-0.15, -0.1) is 0 Å². The van der Waals surface area contributed by atoms with Gasteiger partial charge < -0.3 is 4.57 Å².